The van der Waals surface area contributed by atoms with Crippen molar-refractivity contribution < 1.29 is 4.79 Å². The molecule has 0 aliphatic carbocycles. The van der Waals surface area contributed by atoms with Crippen LogP contribution in [0.1, 0.15) is 52.4 Å². The first kappa shape index (κ1) is 21.2. The van der Waals surface area contributed by atoms with Crippen LogP contribution in [0.2, 0.25) is 0 Å². The van der Waals surface area contributed by atoms with Gasteiger partial charge in [-0.05, 0) is 42.9 Å². The molecule has 1 aromatic heterocycles. The fourth-order valence-corrected chi connectivity index (χ4v) is 4.83. The van der Waals surface area contributed by atoms with Crippen LogP contribution in [0.5, 0.6) is 0 Å². The summed E-state index contributed by atoms with van der Waals surface area (Å²) in [6.45, 7) is 2.11. The van der Waals surface area contributed by atoms with Crippen molar-refractivity contribution in [2.45, 2.75) is 44.7 Å². The maximum Gasteiger partial charge on any atom is 0.243 e. The second-order valence-corrected chi connectivity index (χ2v) is 8.83. The number of rotatable bonds is 7. The number of carbonyl (C=O) groups is 1. The summed E-state index contributed by atoms with van der Waals surface area (Å²) in [4.78, 5) is 18.5. The quantitative estimate of drug-likeness (QED) is 0.424. The Hall–Kier alpha value is -3.66. The second kappa shape index (κ2) is 9.45. The highest BCUT2D eigenvalue weighted by atomic mass is 16.2. The summed E-state index contributed by atoms with van der Waals surface area (Å²) >= 11 is 0. The molecule has 1 aliphatic heterocycles. The molecule has 0 spiro atoms. The number of amides is 1. The maximum absolute atomic E-state index is 13.3. The van der Waals surface area contributed by atoms with Gasteiger partial charge in [0.15, 0.2) is 0 Å². The predicted molar refractivity (Wildman–Crippen MR) is 131 cm³/mol. The lowest BCUT2D eigenvalue weighted by Gasteiger charge is -2.32. The Morgan fingerprint density at radius 2 is 1.39 bits per heavy atom. The van der Waals surface area contributed by atoms with E-state index in [4.69, 9.17) is 4.98 Å². The van der Waals surface area contributed by atoms with Gasteiger partial charge in [-0.1, -0.05) is 91.0 Å². The summed E-state index contributed by atoms with van der Waals surface area (Å²) in [7, 11) is 0. The normalized spacial score (nSPS) is 17.4. The monoisotopic (exact) mass is 435 g/mol. The van der Waals surface area contributed by atoms with Gasteiger partial charge in [-0.2, -0.15) is 0 Å². The minimum Gasteiger partial charge on any atom is -0.344 e. The first-order chi connectivity index (χ1) is 16.2. The third kappa shape index (κ3) is 4.61. The number of nitrogens with zero attached hydrogens (tertiary/aromatic N) is 2. The van der Waals surface area contributed by atoms with E-state index in [1.165, 1.54) is 16.7 Å². The molecule has 2 atom stereocenters. The summed E-state index contributed by atoms with van der Waals surface area (Å²) in [5.41, 5.74) is 5.83. The van der Waals surface area contributed by atoms with Gasteiger partial charge in [-0.15, -0.1) is 0 Å². The average Bonchev–Trinajstić information content (AvgIpc) is 3.17. The van der Waals surface area contributed by atoms with E-state index in [0.717, 1.165) is 42.9 Å². The Morgan fingerprint density at radius 3 is 2.03 bits per heavy atom. The average molecular weight is 436 g/mol. The lowest BCUT2D eigenvalue weighted by molar-refractivity contribution is -0.126. The molecular weight excluding hydrogens is 406 g/mol. The van der Waals surface area contributed by atoms with Crippen LogP contribution in [-0.4, -0.2) is 15.5 Å². The van der Waals surface area contributed by atoms with Gasteiger partial charge in [0.25, 0.3) is 0 Å². The lowest BCUT2D eigenvalue weighted by Crippen LogP contribution is -2.43. The zero-order chi connectivity index (χ0) is 22.6. The third-order valence-corrected chi connectivity index (χ3v) is 6.56. The molecular formula is C29H29N3O. The third-order valence-electron chi connectivity index (χ3n) is 6.56. The molecule has 166 valence electrons. The van der Waals surface area contributed by atoms with E-state index < -0.39 is 0 Å². The zero-order valence-corrected chi connectivity index (χ0v) is 18.9. The smallest absolute Gasteiger partial charge is 0.243 e. The van der Waals surface area contributed by atoms with Crippen molar-refractivity contribution in [3.63, 3.8) is 0 Å². The van der Waals surface area contributed by atoms with Crippen molar-refractivity contribution in [2.24, 2.45) is 0 Å². The van der Waals surface area contributed by atoms with E-state index in [0.29, 0.717) is 0 Å². The van der Waals surface area contributed by atoms with E-state index in [1.54, 1.807) is 0 Å². The van der Waals surface area contributed by atoms with Gasteiger partial charge < -0.3 is 9.88 Å². The molecule has 1 unspecified atom stereocenters. The number of carbonyl (C=O) groups excluding carboxylic acids is 1. The lowest BCUT2D eigenvalue weighted by atomic mass is 9.98. The van der Waals surface area contributed by atoms with Crippen LogP contribution in [-0.2, 0) is 24.1 Å². The van der Waals surface area contributed by atoms with E-state index in [1.807, 2.05) is 30.3 Å². The molecule has 33 heavy (non-hydrogen) atoms. The number of hydrogen-bond donors (Lipinski definition) is 1. The Balaban J connectivity index is 1.49. The standard InChI is InChI=1S/C29H29N3O/c1-21-25(19-23-13-7-3-8-14-23)30-28-26(20-24-15-9-4-10-16-24)31-29(33)27(32(21)28)18-17-22-11-5-2-6-12-22/h2-16,26-27H,17-20H2,1H3,(H,31,33)/t26?,27-/m1/s1. The molecule has 4 heteroatoms. The van der Waals surface area contributed by atoms with Crippen molar-refractivity contribution in [1.29, 1.82) is 0 Å². The van der Waals surface area contributed by atoms with Gasteiger partial charge in [0.1, 0.15) is 11.9 Å². The SMILES string of the molecule is Cc1c(Cc2ccccc2)nc2n1[C@H](CCc1ccccc1)C(=O)NC2Cc1ccccc1. The molecule has 1 aliphatic rings. The Labute approximate surface area is 195 Å². The highest BCUT2D eigenvalue weighted by Gasteiger charge is 2.36. The van der Waals surface area contributed by atoms with E-state index >= 15 is 0 Å². The highest BCUT2D eigenvalue weighted by molar-refractivity contribution is 5.82. The van der Waals surface area contributed by atoms with Gasteiger partial charge in [-0.25, -0.2) is 4.98 Å². The van der Waals surface area contributed by atoms with Gasteiger partial charge in [-0.3, -0.25) is 4.79 Å². The fraction of sp³-hybridized carbons (Fsp3) is 0.241. The minimum absolute atomic E-state index is 0.0890. The Kier molecular flexibility index (Phi) is 6.07. The molecule has 4 aromatic rings. The molecule has 1 amide bonds. The molecule has 0 saturated heterocycles. The second-order valence-electron chi connectivity index (χ2n) is 8.83. The van der Waals surface area contributed by atoms with Crippen LogP contribution in [0.4, 0.5) is 0 Å². The Morgan fingerprint density at radius 1 is 0.818 bits per heavy atom. The summed E-state index contributed by atoms with van der Waals surface area (Å²) in [6.07, 6.45) is 3.11. The van der Waals surface area contributed by atoms with Gasteiger partial charge in [0.2, 0.25) is 5.91 Å². The molecule has 3 aromatic carbocycles. The largest absolute Gasteiger partial charge is 0.344 e. The van der Waals surface area contributed by atoms with Gasteiger partial charge in [0.05, 0.1) is 11.7 Å². The fourth-order valence-electron chi connectivity index (χ4n) is 4.83. The van der Waals surface area contributed by atoms with Crippen molar-refractivity contribution in [3.05, 3.63) is 125 Å². The van der Waals surface area contributed by atoms with Crippen molar-refractivity contribution >= 4 is 5.91 Å². The van der Waals surface area contributed by atoms with E-state index in [2.05, 4.69) is 77.5 Å². The van der Waals surface area contributed by atoms with Crippen LogP contribution in [0.15, 0.2) is 91.0 Å². The van der Waals surface area contributed by atoms with Crippen molar-refractivity contribution in [2.75, 3.05) is 0 Å². The predicted octanol–water partition coefficient (Wildman–Crippen LogP) is 5.37. The molecule has 0 fully saturated rings. The van der Waals surface area contributed by atoms with E-state index in [9.17, 15) is 4.79 Å². The molecule has 0 radical (unpaired) electrons. The molecule has 0 saturated carbocycles. The van der Waals surface area contributed by atoms with Crippen LogP contribution in [0, 0.1) is 6.92 Å². The zero-order valence-electron chi connectivity index (χ0n) is 18.9. The number of aromatic nitrogens is 2. The molecule has 0 bridgehead atoms. The number of aryl methyl sites for hydroxylation is 1. The number of fused-ring (bicyclic) bond motifs is 1. The van der Waals surface area contributed by atoms with Gasteiger partial charge >= 0.3 is 0 Å². The van der Waals surface area contributed by atoms with Crippen LogP contribution in [0.3, 0.4) is 0 Å². The molecule has 1 N–H and O–H groups in total. The number of nitrogens with one attached hydrogen (secondary N) is 1. The van der Waals surface area contributed by atoms with Crippen molar-refractivity contribution in [3.8, 4) is 0 Å². The van der Waals surface area contributed by atoms with Crippen LogP contribution < -0.4 is 5.32 Å². The first-order valence-corrected chi connectivity index (χ1v) is 11.7. The number of imidazole rings is 1. The number of hydrogen-bond acceptors (Lipinski definition) is 2. The topological polar surface area (TPSA) is 46.9 Å². The van der Waals surface area contributed by atoms with Crippen LogP contribution >= 0.6 is 0 Å². The number of benzene rings is 3. The maximum atomic E-state index is 13.3. The van der Waals surface area contributed by atoms with Crippen molar-refractivity contribution in [1.82, 2.24) is 14.9 Å². The molecule has 4 nitrogen and oxygen atoms in total. The van der Waals surface area contributed by atoms with Gasteiger partial charge in [0, 0.05) is 12.1 Å². The Bertz CT molecular complexity index is 1220. The first-order valence-electron chi connectivity index (χ1n) is 11.7. The van der Waals surface area contributed by atoms with E-state index in [-0.39, 0.29) is 18.0 Å². The summed E-state index contributed by atoms with van der Waals surface area (Å²) in [6, 6.07) is 30.8. The summed E-state index contributed by atoms with van der Waals surface area (Å²) < 4.78 is 2.22. The summed E-state index contributed by atoms with van der Waals surface area (Å²) in [5.74, 6) is 1.06. The molecule has 2 heterocycles. The molecule has 5 rings (SSSR count). The van der Waals surface area contributed by atoms with Crippen LogP contribution in [0.25, 0.3) is 0 Å². The highest BCUT2D eigenvalue weighted by Crippen LogP contribution is 2.32. The summed E-state index contributed by atoms with van der Waals surface area (Å²) in [5, 5.41) is 3.29. The minimum atomic E-state index is -0.246.